The fourth-order valence-corrected chi connectivity index (χ4v) is 1.27. The van der Waals surface area contributed by atoms with Crippen molar-refractivity contribution in [2.75, 3.05) is 31.8 Å². The molecule has 6 nitrogen and oxygen atoms in total. The Morgan fingerprint density at radius 3 is 2.29 bits per heavy atom. The van der Waals surface area contributed by atoms with Crippen LogP contribution in [0.15, 0.2) is 0 Å². The van der Waals surface area contributed by atoms with E-state index in [9.17, 15) is 13.2 Å². The molecule has 1 N–H and O–H groups in total. The highest BCUT2D eigenvalue weighted by molar-refractivity contribution is 7.90. The summed E-state index contributed by atoms with van der Waals surface area (Å²) < 4.78 is 31.6. The van der Waals surface area contributed by atoms with Crippen molar-refractivity contribution < 1.29 is 22.7 Å². The lowest BCUT2D eigenvalue weighted by Crippen LogP contribution is -2.34. The van der Waals surface area contributed by atoms with Gasteiger partial charge >= 0.3 is 6.09 Å². The van der Waals surface area contributed by atoms with Crippen molar-refractivity contribution in [1.82, 2.24) is 5.32 Å². The molecular formula is C10H21NO5S. The first-order chi connectivity index (χ1) is 7.60. The second-order valence-electron chi connectivity index (χ2n) is 4.67. The molecular weight excluding hydrogens is 246 g/mol. The van der Waals surface area contributed by atoms with E-state index in [0.29, 0.717) is 6.54 Å². The van der Waals surface area contributed by atoms with Gasteiger partial charge in [0.05, 0.1) is 19.0 Å². The number of carbonyl (C=O) groups is 1. The Morgan fingerprint density at radius 1 is 1.24 bits per heavy atom. The number of hydrogen-bond acceptors (Lipinski definition) is 5. The number of carbonyl (C=O) groups excluding carboxylic acids is 1. The molecule has 1 amide bonds. The Labute approximate surface area is 103 Å². The van der Waals surface area contributed by atoms with Gasteiger partial charge in [-0.2, -0.15) is 0 Å². The van der Waals surface area contributed by atoms with E-state index in [1.165, 1.54) is 0 Å². The van der Waals surface area contributed by atoms with Crippen molar-refractivity contribution in [3.05, 3.63) is 0 Å². The lowest BCUT2D eigenvalue weighted by atomic mass is 10.2. The number of nitrogens with one attached hydrogen (secondary N) is 1. The molecule has 7 heteroatoms. The van der Waals surface area contributed by atoms with Crippen LogP contribution in [0.1, 0.15) is 20.8 Å². The lowest BCUT2D eigenvalue weighted by Gasteiger charge is -2.19. The van der Waals surface area contributed by atoms with Crippen molar-refractivity contribution in [2.45, 2.75) is 26.4 Å². The summed E-state index contributed by atoms with van der Waals surface area (Å²) >= 11 is 0. The van der Waals surface area contributed by atoms with E-state index < -0.39 is 21.5 Å². The number of alkyl carbamates (subject to hydrolysis) is 1. The predicted molar refractivity (Wildman–Crippen MR) is 64.8 cm³/mol. The molecule has 0 heterocycles. The quantitative estimate of drug-likeness (QED) is 0.712. The number of sulfone groups is 1. The number of amides is 1. The minimum atomic E-state index is -2.99. The van der Waals surface area contributed by atoms with Gasteiger partial charge in [-0.25, -0.2) is 13.2 Å². The molecule has 0 rings (SSSR count). The van der Waals surface area contributed by atoms with Gasteiger partial charge in [-0.1, -0.05) is 0 Å². The third kappa shape index (κ3) is 13.1. The fourth-order valence-electron chi connectivity index (χ4n) is 0.852. The molecule has 0 spiro atoms. The summed E-state index contributed by atoms with van der Waals surface area (Å²) in [5.41, 5.74) is -0.527. The zero-order valence-corrected chi connectivity index (χ0v) is 11.6. The van der Waals surface area contributed by atoms with Gasteiger partial charge in [0.15, 0.2) is 0 Å². The summed E-state index contributed by atoms with van der Waals surface area (Å²) in [6.45, 7) is 6.00. The molecule has 0 saturated heterocycles. The molecule has 0 radical (unpaired) electrons. The lowest BCUT2D eigenvalue weighted by molar-refractivity contribution is 0.0503. The van der Waals surface area contributed by atoms with Crippen LogP contribution < -0.4 is 5.32 Å². The van der Waals surface area contributed by atoms with Crippen LogP contribution in [0, 0.1) is 0 Å². The van der Waals surface area contributed by atoms with Crippen molar-refractivity contribution in [2.24, 2.45) is 0 Å². The summed E-state index contributed by atoms with van der Waals surface area (Å²) in [6, 6.07) is 0. The molecule has 0 aliphatic carbocycles. The Kier molecular flexibility index (Phi) is 6.48. The van der Waals surface area contributed by atoms with E-state index in [2.05, 4.69) is 5.32 Å². The van der Waals surface area contributed by atoms with Crippen LogP contribution in [0.2, 0.25) is 0 Å². The first kappa shape index (κ1) is 16.2. The van der Waals surface area contributed by atoms with Crippen LogP contribution in [0.3, 0.4) is 0 Å². The van der Waals surface area contributed by atoms with Gasteiger partial charge in [-0.3, -0.25) is 0 Å². The van der Waals surface area contributed by atoms with E-state index >= 15 is 0 Å². The highest BCUT2D eigenvalue weighted by Crippen LogP contribution is 2.05. The summed E-state index contributed by atoms with van der Waals surface area (Å²) in [4.78, 5) is 11.2. The van der Waals surface area contributed by atoms with Gasteiger partial charge in [-0.05, 0) is 20.8 Å². The average Bonchev–Trinajstić information content (AvgIpc) is 2.06. The van der Waals surface area contributed by atoms with Gasteiger partial charge in [0.1, 0.15) is 15.4 Å². The van der Waals surface area contributed by atoms with Crippen molar-refractivity contribution >= 4 is 15.9 Å². The molecule has 0 unspecified atom stereocenters. The zero-order chi connectivity index (χ0) is 13.5. The second-order valence-corrected chi connectivity index (χ2v) is 6.93. The van der Waals surface area contributed by atoms with Crippen LogP contribution in [-0.2, 0) is 19.3 Å². The Bertz CT molecular complexity index is 331. The van der Waals surface area contributed by atoms with Crippen LogP contribution in [-0.4, -0.2) is 51.9 Å². The predicted octanol–water partition coefficient (Wildman–Crippen LogP) is 0.572. The first-order valence-corrected chi connectivity index (χ1v) is 7.38. The van der Waals surface area contributed by atoms with Crippen LogP contribution in [0.4, 0.5) is 4.79 Å². The summed E-state index contributed by atoms with van der Waals surface area (Å²) in [5.74, 6) is -0.0144. The number of ether oxygens (including phenoxy) is 2. The maximum atomic E-state index is 11.2. The molecule has 0 aromatic heterocycles. The maximum Gasteiger partial charge on any atom is 0.407 e. The Balaban J connectivity index is 3.50. The van der Waals surface area contributed by atoms with Gasteiger partial charge in [-0.15, -0.1) is 0 Å². The standard InChI is InChI=1S/C10H21NO5S/c1-10(2,3)16-9(12)11-5-6-15-7-8-17(4,13)14/h5-8H2,1-4H3,(H,11,12). The van der Waals surface area contributed by atoms with Crippen molar-refractivity contribution in [3.8, 4) is 0 Å². The fraction of sp³-hybridized carbons (Fsp3) is 0.900. The SMILES string of the molecule is CC(C)(C)OC(=O)NCCOCCS(C)(=O)=O. The van der Waals surface area contributed by atoms with Crippen LogP contribution in [0.5, 0.6) is 0 Å². The maximum absolute atomic E-state index is 11.2. The van der Waals surface area contributed by atoms with E-state index in [4.69, 9.17) is 9.47 Å². The molecule has 0 fully saturated rings. The largest absolute Gasteiger partial charge is 0.444 e. The molecule has 0 bridgehead atoms. The Morgan fingerprint density at radius 2 is 1.82 bits per heavy atom. The molecule has 0 atom stereocenters. The molecule has 0 aliphatic heterocycles. The average molecular weight is 267 g/mol. The van der Waals surface area contributed by atoms with Gasteiger partial charge in [0, 0.05) is 12.8 Å². The van der Waals surface area contributed by atoms with E-state index in [1.807, 2.05) is 0 Å². The molecule has 0 aromatic rings. The third-order valence-corrected chi connectivity index (χ3v) is 2.42. The van der Waals surface area contributed by atoms with E-state index in [-0.39, 0.29) is 19.0 Å². The molecule has 17 heavy (non-hydrogen) atoms. The third-order valence-electron chi connectivity index (χ3n) is 1.51. The van der Waals surface area contributed by atoms with Crippen molar-refractivity contribution in [3.63, 3.8) is 0 Å². The normalized spacial score (nSPS) is 12.2. The summed E-state index contributed by atoms with van der Waals surface area (Å²) in [7, 11) is -2.99. The highest BCUT2D eigenvalue weighted by Gasteiger charge is 2.15. The Hall–Kier alpha value is -0.820. The van der Waals surface area contributed by atoms with Gasteiger partial charge in [0.25, 0.3) is 0 Å². The minimum Gasteiger partial charge on any atom is -0.444 e. The van der Waals surface area contributed by atoms with Crippen LogP contribution >= 0.6 is 0 Å². The molecule has 0 aliphatic rings. The molecule has 0 aromatic carbocycles. The number of hydrogen-bond donors (Lipinski definition) is 1. The topological polar surface area (TPSA) is 81.7 Å². The van der Waals surface area contributed by atoms with Crippen molar-refractivity contribution in [1.29, 1.82) is 0 Å². The summed E-state index contributed by atoms with van der Waals surface area (Å²) in [6.07, 6.45) is 0.638. The van der Waals surface area contributed by atoms with E-state index in [1.54, 1.807) is 20.8 Å². The van der Waals surface area contributed by atoms with Crippen LogP contribution in [0.25, 0.3) is 0 Å². The number of rotatable bonds is 6. The van der Waals surface area contributed by atoms with Gasteiger partial charge in [0.2, 0.25) is 0 Å². The minimum absolute atomic E-state index is 0.0144. The second kappa shape index (κ2) is 6.80. The highest BCUT2D eigenvalue weighted by atomic mass is 32.2. The monoisotopic (exact) mass is 267 g/mol. The zero-order valence-electron chi connectivity index (χ0n) is 10.8. The molecule has 102 valence electrons. The van der Waals surface area contributed by atoms with Gasteiger partial charge < -0.3 is 14.8 Å². The van der Waals surface area contributed by atoms with E-state index in [0.717, 1.165) is 6.26 Å². The smallest absolute Gasteiger partial charge is 0.407 e. The first-order valence-electron chi connectivity index (χ1n) is 5.32. The molecule has 0 saturated carbocycles. The summed E-state index contributed by atoms with van der Waals surface area (Å²) in [5, 5.41) is 2.50.